The Morgan fingerprint density at radius 1 is 1.26 bits per heavy atom. The van der Waals surface area contributed by atoms with Crippen LogP contribution >= 0.6 is 0 Å². The fourth-order valence-corrected chi connectivity index (χ4v) is 0.973. The van der Waals surface area contributed by atoms with E-state index < -0.39 is 12.1 Å². The third-order valence-corrected chi connectivity index (χ3v) is 2.25. The molecule has 6 heteroatoms. The van der Waals surface area contributed by atoms with E-state index >= 15 is 0 Å². The Bertz CT molecular complexity index is 309. The van der Waals surface area contributed by atoms with Crippen molar-refractivity contribution in [2.45, 2.75) is 33.3 Å². The predicted octanol–water partition coefficient (Wildman–Crippen LogP) is 1.89. The molecule has 6 nitrogen and oxygen atoms in total. The van der Waals surface area contributed by atoms with Gasteiger partial charge >= 0.3 is 12.1 Å². The number of hydrogen-bond donors (Lipinski definition) is 1. The third-order valence-electron chi connectivity index (χ3n) is 2.25. The van der Waals surface area contributed by atoms with E-state index in [9.17, 15) is 9.59 Å². The average Bonchev–Trinajstić information content (AvgIpc) is 2.38. The maximum Gasteiger partial charge on any atom is 0.407 e. The lowest BCUT2D eigenvalue weighted by molar-refractivity contribution is -0.138. The van der Waals surface area contributed by atoms with E-state index in [-0.39, 0.29) is 27.3 Å². The molecule has 0 saturated carbocycles. The molecule has 0 radical (unpaired) electrons. The molecule has 19 heavy (non-hydrogen) atoms. The van der Waals surface area contributed by atoms with Gasteiger partial charge in [-0.3, -0.25) is 0 Å². The standard InChI is InChI=1S/C13H23NO5.H2/c1-5-11(4)17-8-9-19-13(16)14-6-7-18-12(15)10(2)3;/h11H,2,5-9H2,1,3-4H3,(H,14,16);1H. The van der Waals surface area contributed by atoms with Crippen LogP contribution in [0.4, 0.5) is 4.79 Å². The summed E-state index contributed by atoms with van der Waals surface area (Å²) in [5.74, 6) is -0.475. The molecule has 0 aromatic carbocycles. The van der Waals surface area contributed by atoms with Gasteiger partial charge < -0.3 is 19.5 Å². The lowest BCUT2D eigenvalue weighted by Gasteiger charge is -2.11. The first-order chi connectivity index (χ1) is 8.97. The number of rotatable bonds is 9. The number of hydrogen-bond acceptors (Lipinski definition) is 5. The lowest BCUT2D eigenvalue weighted by atomic mass is 10.3. The number of ether oxygens (including phenoxy) is 3. The van der Waals surface area contributed by atoms with Crippen molar-refractivity contribution in [3.8, 4) is 0 Å². The van der Waals surface area contributed by atoms with Gasteiger partial charge in [-0.25, -0.2) is 9.59 Å². The Morgan fingerprint density at radius 3 is 2.53 bits per heavy atom. The molecule has 1 amide bonds. The molecule has 0 bridgehead atoms. The number of carbonyl (C=O) groups excluding carboxylic acids is 2. The van der Waals surface area contributed by atoms with Crippen LogP contribution in [0.25, 0.3) is 0 Å². The lowest BCUT2D eigenvalue weighted by Crippen LogP contribution is -2.29. The Hall–Kier alpha value is -1.56. The van der Waals surface area contributed by atoms with Crippen molar-refractivity contribution >= 4 is 12.1 Å². The second-order valence-corrected chi connectivity index (χ2v) is 4.07. The minimum absolute atomic E-state index is 0. The zero-order valence-electron chi connectivity index (χ0n) is 11.9. The molecule has 0 saturated heterocycles. The Kier molecular flexibility index (Phi) is 9.52. The normalized spacial score (nSPS) is 11.5. The van der Waals surface area contributed by atoms with E-state index in [0.717, 1.165) is 6.42 Å². The van der Waals surface area contributed by atoms with Crippen molar-refractivity contribution in [3.05, 3.63) is 12.2 Å². The molecule has 1 N–H and O–H groups in total. The van der Waals surface area contributed by atoms with Crippen molar-refractivity contribution < 1.29 is 25.2 Å². The molecule has 0 heterocycles. The summed E-state index contributed by atoms with van der Waals surface area (Å²) < 4.78 is 15.0. The van der Waals surface area contributed by atoms with Crippen LogP contribution in [0, 0.1) is 0 Å². The Balaban J connectivity index is 0. The molecule has 0 aromatic rings. The van der Waals surface area contributed by atoms with Gasteiger partial charge in [0.25, 0.3) is 0 Å². The first kappa shape index (κ1) is 17.4. The Labute approximate surface area is 115 Å². The first-order valence-corrected chi connectivity index (χ1v) is 6.32. The number of esters is 1. The summed E-state index contributed by atoms with van der Waals surface area (Å²) in [6.45, 7) is 9.82. The monoisotopic (exact) mass is 275 g/mol. The van der Waals surface area contributed by atoms with Crippen LogP contribution in [0.2, 0.25) is 0 Å². The molecule has 0 aliphatic rings. The van der Waals surface area contributed by atoms with Gasteiger partial charge in [-0.15, -0.1) is 0 Å². The maximum absolute atomic E-state index is 11.2. The maximum atomic E-state index is 11.2. The fourth-order valence-electron chi connectivity index (χ4n) is 0.973. The highest BCUT2D eigenvalue weighted by Crippen LogP contribution is 1.95. The molecule has 0 aromatic heterocycles. The van der Waals surface area contributed by atoms with E-state index in [1.807, 2.05) is 13.8 Å². The van der Waals surface area contributed by atoms with Crippen molar-refractivity contribution in [3.63, 3.8) is 0 Å². The van der Waals surface area contributed by atoms with Gasteiger partial charge in [0.15, 0.2) is 0 Å². The summed E-state index contributed by atoms with van der Waals surface area (Å²) in [5.41, 5.74) is 0.324. The van der Waals surface area contributed by atoms with Crippen molar-refractivity contribution in [2.75, 3.05) is 26.4 Å². The quantitative estimate of drug-likeness (QED) is 0.395. The van der Waals surface area contributed by atoms with Crippen LogP contribution in [0.15, 0.2) is 12.2 Å². The fraction of sp³-hybridized carbons (Fsp3) is 0.692. The zero-order chi connectivity index (χ0) is 14.7. The molecule has 0 aliphatic carbocycles. The molecule has 0 spiro atoms. The number of alkyl carbamates (subject to hydrolysis) is 1. The van der Waals surface area contributed by atoms with E-state index in [4.69, 9.17) is 14.2 Å². The number of amides is 1. The summed E-state index contributed by atoms with van der Waals surface area (Å²) in [5, 5.41) is 2.46. The summed E-state index contributed by atoms with van der Waals surface area (Å²) in [6, 6.07) is 0. The van der Waals surface area contributed by atoms with Gasteiger partial charge in [-0.05, 0) is 20.3 Å². The highest BCUT2D eigenvalue weighted by Gasteiger charge is 2.05. The van der Waals surface area contributed by atoms with Crippen molar-refractivity contribution in [2.24, 2.45) is 0 Å². The molecular formula is C13H25NO5. The van der Waals surface area contributed by atoms with Crippen LogP contribution < -0.4 is 5.32 Å². The minimum Gasteiger partial charge on any atom is -0.460 e. The Morgan fingerprint density at radius 2 is 1.95 bits per heavy atom. The second-order valence-electron chi connectivity index (χ2n) is 4.07. The molecule has 0 fully saturated rings. The van der Waals surface area contributed by atoms with Crippen LogP contribution in [0.5, 0.6) is 0 Å². The summed E-state index contributed by atoms with van der Waals surface area (Å²) >= 11 is 0. The number of carbonyl (C=O) groups is 2. The smallest absolute Gasteiger partial charge is 0.407 e. The van der Waals surface area contributed by atoms with Gasteiger partial charge in [-0.2, -0.15) is 0 Å². The van der Waals surface area contributed by atoms with E-state index in [1.54, 1.807) is 6.92 Å². The van der Waals surface area contributed by atoms with Gasteiger partial charge in [0.05, 0.1) is 19.3 Å². The largest absolute Gasteiger partial charge is 0.460 e. The van der Waals surface area contributed by atoms with Crippen molar-refractivity contribution in [1.82, 2.24) is 5.32 Å². The van der Waals surface area contributed by atoms with Crippen LogP contribution in [0.3, 0.4) is 0 Å². The molecule has 1 unspecified atom stereocenters. The van der Waals surface area contributed by atoms with E-state index in [1.165, 1.54) is 0 Å². The van der Waals surface area contributed by atoms with Gasteiger partial charge in [-0.1, -0.05) is 13.5 Å². The van der Waals surface area contributed by atoms with E-state index in [0.29, 0.717) is 12.2 Å². The van der Waals surface area contributed by atoms with Gasteiger partial charge in [0.2, 0.25) is 0 Å². The summed E-state index contributed by atoms with van der Waals surface area (Å²) in [4.78, 5) is 22.2. The summed E-state index contributed by atoms with van der Waals surface area (Å²) in [7, 11) is 0. The minimum atomic E-state index is -0.556. The van der Waals surface area contributed by atoms with Gasteiger partial charge in [0.1, 0.15) is 13.2 Å². The average molecular weight is 275 g/mol. The zero-order valence-corrected chi connectivity index (χ0v) is 11.9. The van der Waals surface area contributed by atoms with Crippen LogP contribution in [0.1, 0.15) is 28.6 Å². The SMILES string of the molecule is C=C(C)C(=O)OCCNC(=O)OCCOC(C)CC.[HH]. The van der Waals surface area contributed by atoms with Crippen LogP contribution in [-0.2, 0) is 19.0 Å². The first-order valence-electron chi connectivity index (χ1n) is 6.32. The topological polar surface area (TPSA) is 73.9 Å². The highest BCUT2D eigenvalue weighted by molar-refractivity contribution is 5.86. The molecule has 0 rings (SSSR count). The highest BCUT2D eigenvalue weighted by atomic mass is 16.6. The number of nitrogens with one attached hydrogen (secondary N) is 1. The summed E-state index contributed by atoms with van der Waals surface area (Å²) in [6.07, 6.45) is 0.521. The van der Waals surface area contributed by atoms with Crippen LogP contribution in [-0.4, -0.2) is 44.5 Å². The third kappa shape index (κ3) is 10.1. The second kappa shape index (κ2) is 10.4. The molecule has 112 valence electrons. The van der Waals surface area contributed by atoms with Gasteiger partial charge in [0, 0.05) is 7.00 Å². The molecular weight excluding hydrogens is 250 g/mol. The molecule has 1 atom stereocenters. The predicted molar refractivity (Wildman–Crippen MR) is 72.9 cm³/mol. The molecule has 0 aliphatic heterocycles. The van der Waals surface area contributed by atoms with Crippen molar-refractivity contribution in [1.29, 1.82) is 0 Å². The van der Waals surface area contributed by atoms with E-state index in [2.05, 4.69) is 11.9 Å².